The second kappa shape index (κ2) is 4.32. The summed E-state index contributed by atoms with van der Waals surface area (Å²) in [6, 6.07) is 0. The van der Waals surface area contributed by atoms with Crippen molar-refractivity contribution < 1.29 is 61.3 Å². The fourth-order valence-corrected chi connectivity index (χ4v) is 0.690. The first kappa shape index (κ1) is 11.2. The smallest absolute Gasteiger partial charge is 0.542 e. The molecule has 1 aromatic rings. The minimum absolute atomic E-state index is 0. The van der Waals surface area contributed by atoms with E-state index < -0.39 is 5.97 Å². The minimum atomic E-state index is -1.30. The largest absolute Gasteiger partial charge is 1.00 e. The maximum Gasteiger partial charge on any atom is 1.00 e. The van der Waals surface area contributed by atoms with Crippen LogP contribution in [0.4, 0.5) is 0 Å². The summed E-state index contributed by atoms with van der Waals surface area (Å²) in [7, 11) is 1.51. The fourth-order valence-electron chi connectivity index (χ4n) is 0.690. The normalized spacial score (nSPS) is 8.91. The number of aromatic nitrogens is 3. The number of carbonyl (C=O) groups is 1. The van der Waals surface area contributed by atoms with Gasteiger partial charge in [0.15, 0.2) is 5.82 Å². The summed E-state index contributed by atoms with van der Waals surface area (Å²) in [5.41, 5.74) is 0. The summed E-state index contributed by atoms with van der Waals surface area (Å²) < 4.78 is 1.17. The van der Waals surface area contributed by atoms with Gasteiger partial charge < -0.3 is 9.90 Å². The molecule has 54 valence electrons. The van der Waals surface area contributed by atoms with Crippen molar-refractivity contribution in [3.05, 3.63) is 11.6 Å². The first-order valence-corrected chi connectivity index (χ1v) is 2.70. The van der Waals surface area contributed by atoms with Gasteiger partial charge in [-0.25, -0.2) is 9.67 Å². The van der Waals surface area contributed by atoms with E-state index in [9.17, 15) is 9.90 Å². The van der Waals surface area contributed by atoms with E-state index in [1.165, 1.54) is 11.7 Å². The molecule has 0 radical (unpaired) electrons. The molecule has 0 aliphatic carbocycles. The van der Waals surface area contributed by atoms with Crippen molar-refractivity contribution in [3.63, 3.8) is 0 Å². The van der Waals surface area contributed by atoms with Crippen molar-refractivity contribution in [2.24, 2.45) is 7.05 Å². The number of aromatic carboxylic acids is 1. The minimum Gasteiger partial charge on any atom is -0.542 e. The van der Waals surface area contributed by atoms with Crippen molar-refractivity contribution in [2.45, 2.75) is 6.92 Å². The summed E-state index contributed by atoms with van der Waals surface area (Å²) in [5, 5.41) is 13.9. The number of hydrogen-bond acceptors (Lipinski definition) is 4. The third-order valence-corrected chi connectivity index (χ3v) is 1.05. The molecule has 1 aromatic heterocycles. The first-order valence-electron chi connectivity index (χ1n) is 2.70. The maximum atomic E-state index is 10.2. The Bertz CT molecular complexity index is 271. The van der Waals surface area contributed by atoms with Crippen molar-refractivity contribution in [3.8, 4) is 0 Å². The molecule has 0 fully saturated rings. The molecule has 0 saturated heterocycles. The Morgan fingerprint density at radius 2 is 2.18 bits per heavy atom. The topological polar surface area (TPSA) is 70.8 Å². The van der Waals surface area contributed by atoms with Gasteiger partial charge in [0.25, 0.3) is 0 Å². The molecular weight excluding hydrogens is 173 g/mol. The SMILES string of the molecule is Cc1nc(C(=O)[O-])n(C)n1.[K+]. The number of aryl methyl sites for hydroxylation is 2. The van der Waals surface area contributed by atoms with Crippen LogP contribution in [0, 0.1) is 6.92 Å². The number of carboxylic acids is 1. The fraction of sp³-hybridized carbons (Fsp3) is 0.400. The number of rotatable bonds is 1. The molecule has 1 rings (SSSR count). The molecule has 0 aliphatic heterocycles. The zero-order valence-corrected chi connectivity index (χ0v) is 9.78. The molecule has 0 atom stereocenters. The first-order chi connectivity index (χ1) is 4.61. The van der Waals surface area contributed by atoms with Gasteiger partial charge in [0.05, 0.1) is 0 Å². The number of carbonyl (C=O) groups excluding carboxylic acids is 1. The van der Waals surface area contributed by atoms with Crippen molar-refractivity contribution in [2.75, 3.05) is 0 Å². The van der Waals surface area contributed by atoms with Crippen LogP contribution in [0.15, 0.2) is 0 Å². The van der Waals surface area contributed by atoms with Crippen LogP contribution in [0.5, 0.6) is 0 Å². The average Bonchev–Trinajstić information content (AvgIpc) is 2.10. The van der Waals surface area contributed by atoms with Crippen molar-refractivity contribution in [1.82, 2.24) is 14.8 Å². The van der Waals surface area contributed by atoms with E-state index in [2.05, 4.69) is 10.1 Å². The van der Waals surface area contributed by atoms with Crippen LogP contribution in [0.25, 0.3) is 0 Å². The van der Waals surface area contributed by atoms with Crippen molar-refractivity contribution >= 4 is 5.97 Å². The van der Waals surface area contributed by atoms with E-state index >= 15 is 0 Å². The molecule has 0 aromatic carbocycles. The van der Waals surface area contributed by atoms with E-state index in [4.69, 9.17) is 0 Å². The molecule has 0 aliphatic rings. The Labute approximate surface area is 106 Å². The van der Waals surface area contributed by atoms with E-state index in [1.54, 1.807) is 6.92 Å². The monoisotopic (exact) mass is 179 g/mol. The summed E-state index contributed by atoms with van der Waals surface area (Å²) in [5.74, 6) is -1.01. The molecule has 0 bridgehead atoms. The zero-order chi connectivity index (χ0) is 7.72. The van der Waals surface area contributed by atoms with E-state index in [0.29, 0.717) is 5.82 Å². The van der Waals surface area contributed by atoms with Crippen LogP contribution in [0.2, 0.25) is 0 Å². The maximum absolute atomic E-state index is 10.2. The Kier molecular flexibility index (Phi) is 4.41. The van der Waals surface area contributed by atoms with E-state index in [1.807, 2.05) is 0 Å². The molecule has 0 saturated carbocycles. The van der Waals surface area contributed by atoms with Crippen LogP contribution in [0.1, 0.15) is 16.4 Å². The summed E-state index contributed by atoms with van der Waals surface area (Å²) in [6.45, 7) is 1.62. The van der Waals surface area contributed by atoms with Crippen molar-refractivity contribution in [1.29, 1.82) is 0 Å². The average molecular weight is 179 g/mol. The Hall–Kier alpha value is 0.246. The molecule has 0 N–H and O–H groups in total. The summed E-state index contributed by atoms with van der Waals surface area (Å²) in [6.07, 6.45) is 0. The Balaban J connectivity index is 0.000001000. The van der Waals surface area contributed by atoms with Crippen LogP contribution >= 0.6 is 0 Å². The Morgan fingerprint density at radius 1 is 1.64 bits per heavy atom. The van der Waals surface area contributed by atoms with Gasteiger partial charge in [0.1, 0.15) is 11.8 Å². The number of hydrogen-bond donors (Lipinski definition) is 0. The predicted molar refractivity (Wildman–Crippen MR) is 30.1 cm³/mol. The second-order valence-corrected chi connectivity index (χ2v) is 1.89. The standard InChI is InChI=1S/C5H7N3O2.K/c1-3-6-4(5(9)10)8(2)7-3;/h1-2H3,(H,9,10);/q;+1/p-1. The molecule has 1 heterocycles. The van der Waals surface area contributed by atoms with Gasteiger partial charge in [0.2, 0.25) is 0 Å². The van der Waals surface area contributed by atoms with Gasteiger partial charge in [-0.05, 0) is 6.92 Å². The van der Waals surface area contributed by atoms with Gasteiger partial charge in [0, 0.05) is 7.05 Å². The van der Waals surface area contributed by atoms with Gasteiger partial charge in [-0.2, -0.15) is 5.10 Å². The zero-order valence-electron chi connectivity index (χ0n) is 6.66. The van der Waals surface area contributed by atoms with Gasteiger partial charge >= 0.3 is 51.4 Å². The van der Waals surface area contributed by atoms with Gasteiger partial charge in [-0.3, -0.25) is 0 Å². The quantitative estimate of drug-likeness (QED) is 0.407. The number of nitrogens with zero attached hydrogens (tertiary/aromatic N) is 3. The third kappa shape index (κ3) is 2.64. The van der Waals surface area contributed by atoms with Crippen LogP contribution in [-0.4, -0.2) is 20.7 Å². The Morgan fingerprint density at radius 3 is 2.36 bits per heavy atom. The van der Waals surface area contributed by atoms with E-state index in [0.717, 1.165) is 0 Å². The molecule has 0 spiro atoms. The molecule has 0 unspecified atom stereocenters. The molecule has 6 heteroatoms. The second-order valence-electron chi connectivity index (χ2n) is 1.89. The van der Waals surface area contributed by atoms with Crippen LogP contribution < -0.4 is 56.5 Å². The molecule has 11 heavy (non-hydrogen) atoms. The molecule has 0 amide bonds. The summed E-state index contributed by atoms with van der Waals surface area (Å²) in [4.78, 5) is 13.8. The number of carboxylic acid groups (broad SMARTS) is 1. The molecular formula is C5H6KN3O2. The van der Waals surface area contributed by atoms with Crippen LogP contribution in [-0.2, 0) is 7.05 Å². The summed E-state index contributed by atoms with van der Waals surface area (Å²) >= 11 is 0. The molecule has 5 nitrogen and oxygen atoms in total. The predicted octanol–water partition coefficient (Wildman–Crippen LogP) is -4.51. The van der Waals surface area contributed by atoms with E-state index in [-0.39, 0.29) is 57.2 Å². The van der Waals surface area contributed by atoms with Crippen LogP contribution in [0.3, 0.4) is 0 Å². The van der Waals surface area contributed by atoms with Gasteiger partial charge in [-0.15, -0.1) is 0 Å². The van der Waals surface area contributed by atoms with Gasteiger partial charge in [-0.1, -0.05) is 0 Å². The third-order valence-electron chi connectivity index (χ3n) is 1.05.